The van der Waals surface area contributed by atoms with Crippen LogP contribution in [0.25, 0.3) is 0 Å². The van der Waals surface area contributed by atoms with E-state index in [4.69, 9.17) is 4.74 Å². The number of para-hydroxylation sites is 1. The number of amides is 2. The Morgan fingerprint density at radius 3 is 2.39 bits per heavy atom. The predicted molar refractivity (Wildman–Crippen MR) is 120 cm³/mol. The maximum Gasteiger partial charge on any atom is 0.256 e. The smallest absolute Gasteiger partial charge is 0.256 e. The first kappa shape index (κ1) is 22.8. The van der Waals surface area contributed by atoms with Gasteiger partial charge in [0.2, 0.25) is 15.9 Å². The van der Waals surface area contributed by atoms with E-state index in [9.17, 15) is 18.0 Å². The second-order valence-corrected chi connectivity index (χ2v) is 9.44. The van der Waals surface area contributed by atoms with Gasteiger partial charge in [0.05, 0.1) is 36.4 Å². The molecule has 0 saturated carbocycles. The Morgan fingerprint density at radius 2 is 1.74 bits per heavy atom. The van der Waals surface area contributed by atoms with Crippen LogP contribution in [0.1, 0.15) is 21.5 Å². The molecule has 1 heterocycles. The normalized spacial score (nSPS) is 14.2. The molecule has 9 heteroatoms. The molecule has 0 bridgehead atoms. The lowest BCUT2D eigenvalue weighted by Crippen LogP contribution is -2.41. The number of anilines is 2. The highest BCUT2D eigenvalue weighted by molar-refractivity contribution is 7.92. The van der Waals surface area contributed by atoms with E-state index < -0.39 is 22.5 Å². The number of sulfonamides is 1. The Labute approximate surface area is 182 Å². The quantitative estimate of drug-likeness (QED) is 0.735. The minimum atomic E-state index is -3.70. The molecule has 166 valence electrons. The average molecular weight is 446 g/mol. The van der Waals surface area contributed by atoms with E-state index in [1.54, 1.807) is 41.3 Å². The highest BCUT2D eigenvalue weighted by Crippen LogP contribution is 2.22. The maximum absolute atomic E-state index is 12.9. The van der Waals surface area contributed by atoms with Crippen LogP contribution >= 0.6 is 0 Å². The molecule has 8 nitrogen and oxygen atoms in total. The van der Waals surface area contributed by atoms with Crippen LogP contribution in [0.15, 0.2) is 42.5 Å². The lowest BCUT2D eigenvalue weighted by molar-refractivity contribution is -0.114. The van der Waals surface area contributed by atoms with Crippen molar-refractivity contribution in [3.63, 3.8) is 0 Å². The summed E-state index contributed by atoms with van der Waals surface area (Å²) >= 11 is 0. The summed E-state index contributed by atoms with van der Waals surface area (Å²) < 4.78 is 31.1. The van der Waals surface area contributed by atoms with Crippen molar-refractivity contribution in [3.05, 3.63) is 59.2 Å². The predicted octanol–water partition coefficient (Wildman–Crippen LogP) is 2.18. The highest BCUT2D eigenvalue weighted by Gasteiger charge is 2.24. The molecule has 0 radical (unpaired) electrons. The number of carbonyl (C=O) groups is 2. The van der Waals surface area contributed by atoms with Gasteiger partial charge in [-0.1, -0.05) is 18.2 Å². The highest BCUT2D eigenvalue weighted by atomic mass is 32.2. The second-order valence-electron chi connectivity index (χ2n) is 7.54. The molecule has 0 spiro atoms. The summed E-state index contributed by atoms with van der Waals surface area (Å²) in [6.07, 6.45) is 1.06. The van der Waals surface area contributed by atoms with Gasteiger partial charge < -0.3 is 15.0 Å². The topological polar surface area (TPSA) is 96.0 Å². The van der Waals surface area contributed by atoms with Crippen LogP contribution in [0.2, 0.25) is 0 Å². The second kappa shape index (κ2) is 9.49. The summed E-state index contributed by atoms with van der Waals surface area (Å²) in [5, 5.41) is 2.71. The molecule has 2 aromatic rings. The largest absolute Gasteiger partial charge is 0.378 e. The standard InChI is InChI=1S/C22H27N3O5S/c1-16-8-9-18(14-17(16)2)25(31(3,28)29)15-21(26)23-20-7-5-4-6-19(20)22(27)24-10-12-30-13-11-24/h4-9,14H,10-13,15H2,1-3H3,(H,23,26). The summed E-state index contributed by atoms with van der Waals surface area (Å²) in [5.74, 6) is -0.737. The number of hydrogen-bond acceptors (Lipinski definition) is 5. The Kier molecular flexibility index (Phi) is 6.97. The van der Waals surface area contributed by atoms with Crippen LogP contribution < -0.4 is 9.62 Å². The van der Waals surface area contributed by atoms with Gasteiger partial charge in [-0.05, 0) is 49.2 Å². The average Bonchev–Trinajstić information content (AvgIpc) is 2.74. The Hall–Kier alpha value is -2.91. The van der Waals surface area contributed by atoms with E-state index in [0.29, 0.717) is 43.2 Å². The van der Waals surface area contributed by atoms with E-state index in [1.807, 2.05) is 19.9 Å². The molecule has 31 heavy (non-hydrogen) atoms. The summed E-state index contributed by atoms with van der Waals surface area (Å²) in [4.78, 5) is 27.3. The van der Waals surface area contributed by atoms with Crippen molar-refractivity contribution < 1.29 is 22.7 Å². The number of nitrogens with one attached hydrogen (secondary N) is 1. The summed E-state index contributed by atoms with van der Waals surface area (Å²) in [7, 11) is -3.70. The van der Waals surface area contributed by atoms with Crippen LogP contribution in [-0.2, 0) is 19.6 Å². The number of benzene rings is 2. The molecule has 2 amide bonds. The van der Waals surface area contributed by atoms with Crippen LogP contribution in [-0.4, -0.2) is 64.2 Å². The minimum Gasteiger partial charge on any atom is -0.378 e. The molecule has 0 aromatic heterocycles. The molecule has 0 aliphatic carbocycles. The van der Waals surface area contributed by atoms with Crippen molar-refractivity contribution in [2.75, 3.05) is 48.7 Å². The lowest BCUT2D eigenvalue weighted by Gasteiger charge is -2.27. The molecular weight excluding hydrogens is 418 g/mol. The molecule has 1 aliphatic heterocycles. The van der Waals surface area contributed by atoms with Gasteiger partial charge >= 0.3 is 0 Å². The molecule has 1 fully saturated rings. The van der Waals surface area contributed by atoms with Gasteiger partial charge in [-0.2, -0.15) is 0 Å². The van der Waals surface area contributed by atoms with Gasteiger partial charge in [0, 0.05) is 13.1 Å². The zero-order valence-electron chi connectivity index (χ0n) is 17.9. The van der Waals surface area contributed by atoms with Crippen LogP contribution in [0.5, 0.6) is 0 Å². The van der Waals surface area contributed by atoms with Crippen molar-refractivity contribution in [2.45, 2.75) is 13.8 Å². The van der Waals surface area contributed by atoms with Gasteiger partial charge in [-0.25, -0.2) is 8.42 Å². The van der Waals surface area contributed by atoms with Crippen LogP contribution in [0, 0.1) is 13.8 Å². The molecule has 1 N–H and O–H groups in total. The van der Waals surface area contributed by atoms with Crippen molar-refractivity contribution in [3.8, 4) is 0 Å². The van der Waals surface area contributed by atoms with Crippen molar-refractivity contribution in [1.82, 2.24) is 4.90 Å². The molecule has 2 aromatic carbocycles. The van der Waals surface area contributed by atoms with Crippen molar-refractivity contribution in [2.24, 2.45) is 0 Å². The number of hydrogen-bond donors (Lipinski definition) is 1. The fourth-order valence-corrected chi connectivity index (χ4v) is 4.16. The fourth-order valence-electron chi connectivity index (χ4n) is 3.32. The maximum atomic E-state index is 12.9. The van der Waals surface area contributed by atoms with Gasteiger partial charge in [-0.15, -0.1) is 0 Å². The molecular formula is C22H27N3O5S. The van der Waals surface area contributed by atoms with Gasteiger partial charge in [0.1, 0.15) is 6.54 Å². The monoisotopic (exact) mass is 445 g/mol. The molecule has 1 saturated heterocycles. The third kappa shape index (κ3) is 5.62. The molecule has 0 unspecified atom stereocenters. The Bertz CT molecular complexity index is 1080. The number of carbonyl (C=O) groups excluding carboxylic acids is 2. The number of morpholine rings is 1. The zero-order valence-corrected chi connectivity index (χ0v) is 18.7. The van der Waals surface area contributed by atoms with Gasteiger partial charge in [0.25, 0.3) is 5.91 Å². The minimum absolute atomic E-state index is 0.201. The van der Waals surface area contributed by atoms with Crippen molar-refractivity contribution in [1.29, 1.82) is 0 Å². The number of rotatable bonds is 6. The SMILES string of the molecule is Cc1ccc(N(CC(=O)Nc2ccccc2C(=O)N2CCOCC2)S(C)(=O)=O)cc1C. The third-order valence-corrected chi connectivity index (χ3v) is 6.34. The van der Waals surface area contributed by atoms with Crippen molar-refractivity contribution >= 4 is 33.2 Å². The van der Waals surface area contributed by atoms with E-state index in [1.165, 1.54) is 0 Å². The van der Waals surface area contributed by atoms with Crippen LogP contribution in [0.4, 0.5) is 11.4 Å². The van der Waals surface area contributed by atoms with E-state index >= 15 is 0 Å². The molecule has 0 atom stereocenters. The third-order valence-electron chi connectivity index (χ3n) is 5.20. The zero-order chi connectivity index (χ0) is 22.6. The van der Waals surface area contributed by atoms with Crippen LogP contribution in [0.3, 0.4) is 0 Å². The summed E-state index contributed by atoms with van der Waals surface area (Å²) in [6, 6.07) is 11.9. The number of aryl methyl sites for hydroxylation is 2. The molecule has 3 rings (SSSR count). The first-order valence-electron chi connectivity index (χ1n) is 9.97. The number of nitrogens with zero attached hydrogens (tertiary/aromatic N) is 2. The molecule has 1 aliphatic rings. The summed E-state index contributed by atoms with van der Waals surface area (Å²) in [6.45, 7) is 5.32. The van der Waals surface area contributed by atoms with Gasteiger partial charge in [0.15, 0.2) is 0 Å². The Balaban J connectivity index is 1.80. The van der Waals surface area contributed by atoms with E-state index in [2.05, 4.69) is 5.32 Å². The first-order chi connectivity index (χ1) is 14.7. The lowest BCUT2D eigenvalue weighted by atomic mass is 10.1. The first-order valence-corrected chi connectivity index (χ1v) is 11.8. The fraction of sp³-hybridized carbons (Fsp3) is 0.364. The van der Waals surface area contributed by atoms with E-state index in [0.717, 1.165) is 21.7 Å². The summed E-state index contributed by atoms with van der Waals surface area (Å²) in [5.41, 5.74) is 3.07. The van der Waals surface area contributed by atoms with E-state index in [-0.39, 0.29) is 5.91 Å². The number of ether oxygens (including phenoxy) is 1. The van der Waals surface area contributed by atoms with Gasteiger partial charge in [-0.3, -0.25) is 13.9 Å². The Morgan fingerprint density at radius 1 is 1.06 bits per heavy atom.